The molecule has 0 aliphatic carbocycles. The van der Waals surface area contributed by atoms with Crippen LogP contribution in [0.4, 0.5) is 0 Å². The second kappa shape index (κ2) is 25.3. The molecule has 418 valence electrons. The minimum Gasteiger partial charge on any atom is -0.394 e. The van der Waals surface area contributed by atoms with Crippen LogP contribution in [0.2, 0.25) is 0 Å². The van der Waals surface area contributed by atoms with E-state index in [-0.39, 0.29) is 0 Å². The maximum atomic E-state index is 12.7. The Hall–Kier alpha value is -2.18. The molecule has 19 N–H and O–H groups in total. The summed E-state index contributed by atoms with van der Waals surface area (Å²) >= 11 is 0. The summed E-state index contributed by atoms with van der Waals surface area (Å²) in [6.07, 6.45) is -51.4. The van der Waals surface area contributed by atoms with Gasteiger partial charge in [-0.05, 0) is 6.92 Å². The Kier molecular flexibility index (Phi) is 20.8. The van der Waals surface area contributed by atoms with Crippen LogP contribution in [0.1, 0.15) is 20.8 Å². The molecule has 0 radical (unpaired) electrons. The lowest BCUT2D eigenvalue weighted by Crippen LogP contribution is -2.70. The van der Waals surface area contributed by atoms with Crippen LogP contribution in [0.15, 0.2) is 0 Å². The van der Waals surface area contributed by atoms with Crippen molar-refractivity contribution >= 4 is 11.8 Å². The zero-order valence-electron chi connectivity index (χ0n) is 38.8. The first-order valence-corrected chi connectivity index (χ1v) is 23.0. The molecule has 0 aromatic heterocycles. The van der Waals surface area contributed by atoms with Crippen LogP contribution in [0.25, 0.3) is 0 Å². The Balaban J connectivity index is 1.26. The summed E-state index contributed by atoms with van der Waals surface area (Å²) in [7, 11) is 0. The van der Waals surface area contributed by atoms with Crippen LogP contribution in [0.3, 0.4) is 0 Å². The van der Waals surface area contributed by atoms with Gasteiger partial charge in [-0.1, -0.05) is 0 Å². The predicted molar refractivity (Wildman–Crippen MR) is 221 cm³/mol. The number of ether oxygens (including phenoxy) is 11. The normalized spacial score (nSPS) is 50.3. The van der Waals surface area contributed by atoms with Gasteiger partial charge in [-0.3, -0.25) is 9.59 Å². The fourth-order valence-corrected chi connectivity index (χ4v) is 9.06. The molecule has 6 rings (SSSR count). The molecular formula is C40H68N2O30. The van der Waals surface area contributed by atoms with Gasteiger partial charge in [0.15, 0.2) is 37.7 Å². The van der Waals surface area contributed by atoms with Gasteiger partial charge in [-0.2, -0.15) is 0 Å². The Labute approximate surface area is 408 Å². The molecule has 32 nitrogen and oxygen atoms in total. The Morgan fingerprint density at radius 3 is 1.35 bits per heavy atom. The monoisotopic (exact) mass is 1060 g/mol. The van der Waals surface area contributed by atoms with Crippen molar-refractivity contribution in [3.8, 4) is 0 Å². The largest absolute Gasteiger partial charge is 0.394 e. The van der Waals surface area contributed by atoms with E-state index >= 15 is 0 Å². The molecule has 6 aliphatic heterocycles. The predicted octanol–water partition coefficient (Wildman–Crippen LogP) is -12.8. The van der Waals surface area contributed by atoms with Gasteiger partial charge in [0.2, 0.25) is 11.8 Å². The molecule has 30 atom stereocenters. The molecule has 2 amide bonds. The molecule has 0 aromatic rings. The second-order valence-electron chi connectivity index (χ2n) is 18.3. The smallest absolute Gasteiger partial charge is 0.217 e. The number of hydrogen-bond donors (Lipinski definition) is 19. The summed E-state index contributed by atoms with van der Waals surface area (Å²) < 4.78 is 62.8. The van der Waals surface area contributed by atoms with E-state index in [1.165, 1.54) is 6.92 Å². The Morgan fingerprint density at radius 2 is 0.792 bits per heavy atom. The first-order valence-electron chi connectivity index (χ1n) is 23.0. The summed E-state index contributed by atoms with van der Waals surface area (Å²) in [5.74, 6) is -1.60. The van der Waals surface area contributed by atoms with Crippen LogP contribution in [0, 0.1) is 0 Å². The maximum Gasteiger partial charge on any atom is 0.217 e. The van der Waals surface area contributed by atoms with Crippen LogP contribution in [-0.2, 0) is 61.7 Å². The third-order valence-electron chi connectivity index (χ3n) is 13.2. The van der Waals surface area contributed by atoms with Crippen molar-refractivity contribution in [2.75, 3.05) is 33.0 Å². The van der Waals surface area contributed by atoms with Gasteiger partial charge in [0.25, 0.3) is 0 Å². The van der Waals surface area contributed by atoms with E-state index in [0.717, 1.165) is 13.8 Å². The van der Waals surface area contributed by atoms with E-state index in [0.29, 0.717) is 0 Å². The molecule has 0 bridgehead atoms. The molecule has 0 unspecified atom stereocenters. The fourth-order valence-electron chi connectivity index (χ4n) is 9.06. The van der Waals surface area contributed by atoms with E-state index in [1.54, 1.807) is 0 Å². The van der Waals surface area contributed by atoms with Gasteiger partial charge < -0.3 is 150 Å². The zero-order chi connectivity index (χ0) is 53.2. The first kappa shape index (κ1) is 59.1. The molecular weight excluding hydrogens is 988 g/mol. The average Bonchev–Trinajstić information content (AvgIpc) is 3.34. The molecule has 6 aliphatic rings. The number of nitrogens with one attached hydrogen (secondary N) is 2. The van der Waals surface area contributed by atoms with Crippen LogP contribution < -0.4 is 10.6 Å². The van der Waals surface area contributed by atoms with E-state index in [9.17, 15) is 96.4 Å². The lowest BCUT2D eigenvalue weighted by atomic mass is 9.94. The number of carbonyl (C=O) groups excluding carboxylic acids is 2. The standard InChI is InChI=1S/C40H68N2O30/c1-9-19(48)25(54)28(57)37(64-9)63-8-16-33(23(52)17(35(61)65-16)41-10(2)46)70-36-18(42-11(3)47)24(53)32(14(6-45)68-36)71-40-31(60)34(72-39-30(59)27(56)21(50)13(5-44)67-39)22(51)15(69-40)7-62-38-29(58)26(55)20(49)12(4-43)66-38/h9,12-40,43-45,48-61H,4-8H2,1-3H3,(H,41,46)(H,42,47)/t9-,12+,13+,14+,15+,16+,17+,18+,19+,20+,21+,22+,23+,24+,25+,26-,27-,28-,29-,30-,31-,32+,33+,34-,35+,36-,37+,38+,39-,40-/m0/s1. The van der Waals surface area contributed by atoms with Crippen molar-refractivity contribution in [3.05, 3.63) is 0 Å². The molecule has 0 aromatic carbocycles. The summed E-state index contributed by atoms with van der Waals surface area (Å²) in [6, 6.07) is -3.40. The van der Waals surface area contributed by atoms with Crippen LogP contribution in [-0.4, -0.2) is 316 Å². The van der Waals surface area contributed by atoms with Gasteiger partial charge in [0, 0.05) is 13.8 Å². The summed E-state index contributed by atoms with van der Waals surface area (Å²) in [5, 5.41) is 186. The van der Waals surface area contributed by atoms with E-state index in [4.69, 9.17) is 52.1 Å². The summed E-state index contributed by atoms with van der Waals surface area (Å²) in [5.41, 5.74) is 0. The van der Waals surface area contributed by atoms with Crippen LogP contribution >= 0.6 is 0 Å². The van der Waals surface area contributed by atoms with Gasteiger partial charge >= 0.3 is 0 Å². The lowest BCUT2D eigenvalue weighted by molar-refractivity contribution is -0.384. The highest BCUT2D eigenvalue weighted by molar-refractivity contribution is 5.73. The van der Waals surface area contributed by atoms with Crippen molar-refractivity contribution < 1.29 is 149 Å². The minimum atomic E-state index is -2.23. The van der Waals surface area contributed by atoms with Crippen molar-refractivity contribution in [1.29, 1.82) is 0 Å². The average molecular weight is 1060 g/mol. The van der Waals surface area contributed by atoms with Gasteiger partial charge in [0.05, 0.1) is 39.1 Å². The SMILES string of the molecule is CC(=O)N[C@@H]1[C@@H](O)[C@H](O[C@@H]2O[C@H](CO)[C@@H](O[C@@H]3O[C@H](CO[C@@H]4O[C@H](CO)[C@@H](O)[C@H](O)[C@@H]4O)[C@@H](O)[C@H](O[C@@H]4O[C@H](CO)[C@@H](O)[C@H](O)[C@@H]4O)[C@@H]3O)[C@H](O)[C@H]2NC(C)=O)[C@@H](CO[C@@H]2O[C@@H](C)[C@@H](O)[C@@H](O)[C@@H]2O)O[C@H]1O. The topological polar surface area (TPSA) is 504 Å². The lowest BCUT2D eigenvalue weighted by Gasteiger charge is -2.50. The van der Waals surface area contributed by atoms with E-state index in [2.05, 4.69) is 10.6 Å². The molecule has 6 fully saturated rings. The molecule has 6 saturated heterocycles. The third-order valence-corrected chi connectivity index (χ3v) is 13.2. The minimum absolute atomic E-state index is 0.728. The Bertz CT molecular complexity index is 1730. The highest BCUT2D eigenvalue weighted by Crippen LogP contribution is 2.36. The number of rotatable bonds is 17. The first-order chi connectivity index (χ1) is 33.9. The molecule has 6 heterocycles. The zero-order valence-corrected chi connectivity index (χ0v) is 38.8. The number of amides is 2. The quantitative estimate of drug-likeness (QED) is 0.0643. The fraction of sp³-hybridized carbons (Fsp3) is 0.950. The molecule has 0 saturated carbocycles. The number of hydrogen-bond acceptors (Lipinski definition) is 30. The van der Waals surface area contributed by atoms with Crippen molar-refractivity contribution in [2.45, 2.75) is 205 Å². The highest BCUT2D eigenvalue weighted by Gasteiger charge is 2.57. The van der Waals surface area contributed by atoms with Gasteiger partial charge in [0.1, 0.15) is 140 Å². The Morgan fingerprint density at radius 1 is 0.389 bits per heavy atom. The van der Waals surface area contributed by atoms with Crippen molar-refractivity contribution in [1.82, 2.24) is 10.6 Å². The third kappa shape index (κ3) is 12.8. The number of aliphatic hydroxyl groups excluding tert-OH is 17. The molecule has 0 spiro atoms. The number of carbonyl (C=O) groups is 2. The molecule has 32 heteroatoms. The van der Waals surface area contributed by atoms with Gasteiger partial charge in [-0.25, -0.2) is 0 Å². The van der Waals surface area contributed by atoms with Crippen molar-refractivity contribution in [3.63, 3.8) is 0 Å². The van der Waals surface area contributed by atoms with Gasteiger partial charge in [-0.15, -0.1) is 0 Å². The maximum absolute atomic E-state index is 12.7. The highest BCUT2D eigenvalue weighted by atomic mass is 16.8. The number of aliphatic hydroxyl groups is 17. The van der Waals surface area contributed by atoms with Crippen LogP contribution in [0.5, 0.6) is 0 Å². The summed E-state index contributed by atoms with van der Waals surface area (Å²) in [6.45, 7) is -1.00. The molecule has 72 heavy (non-hydrogen) atoms. The summed E-state index contributed by atoms with van der Waals surface area (Å²) in [4.78, 5) is 24.8. The van der Waals surface area contributed by atoms with E-state index < -0.39 is 229 Å². The van der Waals surface area contributed by atoms with Crippen molar-refractivity contribution in [2.24, 2.45) is 0 Å². The second-order valence-corrected chi connectivity index (χ2v) is 18.3. The van der Waals surface area contributed by atoms with E-state index in [1.807, 2.05) is 0 Å².